The molecule has 0 saturated heterocycles. The molecule has 1 aromatic carbocycles. The number of alkyl halides is 3. The molecule has 0 aliphatic rings. The highest BCUT2D eigenvalue weighted by atomic mass is 35.5. The second kappa shape index (κ2) is 6.36. The Morgan fingerprint density at radius 3 is 2.32 bits per heavy atom. The molecule has 0 radical (unpaired) electrons. The summed E-state index contributed by atoms with van der Waals surface area (Å²) in [5.74, 6) is -0.598. The number of pyridine rings is 1. The lowest BCUT2D eigenvalue weighted by Crippen LogP contribution is -2.06. The van der Waals surface area contributed by atoms with Crippen LogP contribution in [0.5, 0.6) is 0 Å². The van der Waals surface area contributed by atoms with Crippen LogP contribution in [0.2, 0.25) is 5.15 Å². The maximum absolute atomic E-state index is 12.5. The molecular formula is C15H11ClF3NO2. The van der Waals surface area contributed by atoms with E-state index in [-0.39, 0.29) is 17.3 Å². The second-order valence-corrected chi connectivity index (χ2v) is 4.69. The average molecular weight is 330 g/mol. The molecular weight excluding hydrogens is 319 g/mol. The molecule has 0 N–H and O–H groups in total. The Balaban J connectivity index is 2.30. The number of ether oxygens (including phenoxy) is 1. The van der Waals surface area contributed by atoms with Gasteiger partial charge in [0.1, 0.15) is 5.15 Å². The van der Waals surface area contributed by atoms with E-state index in [0.29, 0.717) is 11.3 Å². The molecule has 0 amide bonds. The average Bonchev–Trinajstić information content (AvgIpc) is 2.46. The van der Waals surface area contributed by atoms with Gasteiger partial charge in [0, 0.05) is 5.56 Å². The van der Waals surface area contributed by atoms with Gasteiger partial charge in [0.05, 0.1) is 23.4 Å². The smallest absolute Gasteiger partial charge is 0.416 e. The summed E-state index contributed by atoms with van der Waals surface area (Å²) in [4.78, 5) is 15.6. The number of hydrogen-bond donors (Lipinski definition) is 0. The van der Waals surface area contributed by atoms with E-state index < -0.39 is 17.7 Å². The summed E-state index contributed by atoms with van der Waals surface area (Å²) in [7, 11) is 0. The van der Waals surface area contributed by atoms with Crippen molar-refractivity contribution in [2.75, 3.05) is 6.61 Å². The zero-order chi connectivity index (χ0) is 16.3. The van der Waals surface area contributed by atoms with Crippen molar-refractivity contribution in [3.8, 4) is 11.3 Å². The van der Waals surface area contributed by atoms with Gasteiger partial charge in [0.15, 0.2) is 0 Å². The lowest BCUT2D eigenvalue weighted by atomic mass is 10.1. The Bertz CT molecular complexity index is 684. The van der Waals surface area contributed by atoms with Gasteiger partial charge in [0.25, 0.3) is 0 Å². The first-order chi connectivity index (χ1) is 10.3. The topological polar surface area (TPSA) is 39.2 Å². The minimum atomic E-state index is -4.39. The molecule has 3 nitrogen and oxygen atoms in total. The summed E-state index contributed by atoms with van der Waals surface area (Å²) >= 11 is 5.92. The highest BCUT2D eigenvalue weighted by Gasteiger charge is 2.30. The quantitative estimate of drug-likeness (QED) is 0.610. The molecule has 116 valence electrons. The highest BCUT2D eigenvalue weighted by Crippen LogP contribution is 2.31. The fraction of sp³-hybridized carbons (Fsp3) is 0.200. The number of hydrogen-bond acceptors (Lipinski definition) is 3. The van der Waals surface area contributed by atoms with E-state index in [1.54, 1.807) is 6.92 Å². The van der Waals surface area contributed by atoms with Crippen LogP contribution >= 0.6 is 11.6 Å². The molecule has 0 aliphatic carbocycles. The molecule has 0 spiro atoms. The maximum Gasteiger partial charge on any atom is 0.416 e. The van der Waals surface area contributed by atoms with Crippen LogP contribution in [0.15, 0.2) is 36.4 Å². The van der Waals surface area contributed by atoms with Gasteiger partial charge in [-0.1, -0.05) is 23.7 Å². The third-order valence-corrected chi connectivity index (χ3v) is 3.14. The molecule has 0 unspecified atom stereocenters. The van der Waals surface area contributed by atoms with Crippen LogP contribution in [0.1, 0.15) is 22.8 Å². The first-order valence-corrected chi connectivity index (χ1v) is 6.72. The summed E-state index contributed by atoms with van der Waals surface area (Å²) in [5, 5.41) is -0.0594. The number of rotatable bonds is 3. The van der Waals surface area contributed by atoms with Crippen molar-refractivity contribution >= 4 is 17.6 Å². The van der Waals surface area contributed by atoms with Crippen LogP contribution in [0, 0.1) is 0 Å². The Kier molecular flexibility index (Phi) is 4.71. The van der Waals surface area contributed by atoms with Crippen molar-refractivity contribution in [3.63, 3.8) is 0 Å². The van der Waals surface area contributed by atoms with Crippen LogP contribution in [0.4, 0.5) is 13.2 Å². The number of carbonyl (C=O) groups excluding carboxylic acids is 1. The Morgan fingerprint density at radius 2 is 1.82 bits per heavy atom. The maximum atomic E-state index is 12.5. The molecule has 7 heteroatoms. The molecule has 0 aliphatic heterocycles. The van der Waals surface area contributed by atoms with E-state index in [0.717, 1.165) is 12.1 Å². The number of halogens is 4. The Morgan fingerprint density at radius 1 is 1.18 bits per heavy atom. The number of esters is 1. The lowest BCUT2D eigenvalue weighted by molar-refractivity contribution is -0.137. The summed E-state index contributed by atoms with van der Waals surface area (Å²) in [6.07, 6.45) is -4.39. The molecule has 0 bridgehead atoms. The fourth-order valence-corrected chi connectivity index (χ4v) is 2.02. The van der Waals surface area contributed by atoms with Crippen LogP contribution in [-0.2, 0) is 10.9 Å². The van der Waals surface area contributed by atoms with Gasteiger partial charge >= 0.3 is 12.1 Å². The molecule has 0 saturated carbocycles. The van der Waals surface area contributed by atoms with Crippen LogP contribution in [0.25, 0.3) is 11.3 Å². The van der Waals surface area contributed by atoms with Crippen LogP contribution in [0.3, 0.4) is 0 Å². The highest BCUT2D eigenvalue weighted by molar-refractivity contribution is 6.32. The second-order valence-electron chi connectivity index (χ2n) is 4.33. The summed E-state index contributed by atoms with van der Waals surface area (Å²) in [5.41, 5.74) is 0.196. The molecule has 0 atom stereocenters. The molecule has 22 heavy (non-hydrogen) atoms. The van der Waals surface area contributed by atoms with Gasteiger partial charge in [-0.2, -0.15) is 13.2 Å². The zero-order valence-electron chi connectivity index (χ0n) is 11.4. The monoisotopic (exact) mass is 329 g/mol. The minimum Gasteiger partial charge on any atom is -0.462 e. The van der Waals surface area contributed by atoms with Crippen molar-refractivity contribution in [2.24, 2.45) is 0 Å². The molecule has 2 rings (SSSR count). The predicted molar refractivity (Wildman–Crippen MR) is 75.6 cm³/mol. The van der Waals surface area contributed by atoms with Crippen molar-refractivity contribution in [2.45, 2.75) is 13.1 Å². The molecule has 1 heterocycles. The van der Waals surface area contributed by atoms with Gasteiger partial charge < -0.3 is 4.74 Å². The Labute approximate surface area is 129 Å². The van der Waals surface area contributed by atoms with Crippen molar-refractivity contribution in [3.05, 3.63) is 52.7 Å². The van der Waals surface area contributed by atoms with E-state index in [1.165, 1.54) is 24.3 Å². The first-order valence-electron chi connectivity index (χ1n) is 6.34. The summed E-state index contributed by atoms with van der Waals surface area (Å²) in [6, 6.07) is 7.45. The van der Waals surface area contributed by atoms with Crippen LogP contribution in [-0.4, -0.2) is 17.6 Å². The fourth-order valence-electron chi connectivity index (χ4n) is 1.79. The largest absolute Gasteiger partial charge is 0.462 e. The number of aromatic nitrogens is 1. The van der Waals surface area contributed by atoms with Gasteiger partial charge in [-0.25, -0.2) is 9.78 Å². The molecule has 1 aromatic heterocycles. The Hall–Kier alpha value is -2.08. The van der Waals surface area contributed by atoms with Gasteiger partial charge in [-0.05, 0) is 31.2 Å². The van der Waals surface area contributed by atoms with Crippen LogP contribution < -0.4 is 0 Å². The van der Waals surface area contributed by atoms with Gasteiger partial charge in [0.2, 0.25) is 0 Å². The third-order valence-electron chi connectivity index (χ3n) is 2.85. The number of nitrogens with zero attached hydrogens (tertiary/aromatic N) is 1. The lowest BCUT2D eigenvalue weighted by Gasteiger charge is -2.08. The zero-order valence-corrected chi connectivity index (χ0v) is 12.2. The first kappa shape index (κ1) is 16.3. The standard InChI is InChI=1S/C15H11ClF3NO2/c1-2-22-14(21)11-7-8-12(20-13(11)16)9-3-5-10(6-4-9)15(17,18)19/h3-8H,2H2,1H3. The van der Waals surface area contributed by atoms with E-state index in [4.69, 9.17) is 16.3 Å². The third kappa shape index (κ3) is 3.57. The van der Waals surface area contributed by atoms with E-state index in [1.807, 2.05) is 0 Å². The van der Waals surface area contributed by atoms with E-state index in [2.05, 4.69) is 4.98 Å². The molecule has 0 fully saturated rings. The van der Waals surface area contributed by atoms with Gasteiger partial charge in [-0.3, -0.25) is 0 Å². The van der Waals surface area contributed by atoms with Crippen molar-refractivity contribution < 1.29 is 22.7 Å². The van der Waals surface area contributed by atoms with E-state index in [9.17, 15) is 18.0 Å². The van der Waals surface area contributed by atoms with E-state index >= 15 is 0 Å². The predicted octanol–water partition coefficient (Wildman–Crippen LogP) is 4.60. The summed E-state index contributed by atoms with van der Waals surface area (Å²) < 4.78 is 42.4. The SMILES string of the molecule is CCOC(=O)c1ccc(-c2ccc(C(F)(F)F)cc2)nc1Cl. The van der Waals surface area contributed by atoms with Crippen molar-refractivity contribution in [1.82, 2.24) is 4.98 Å². The number of benzene rings is 1. The van der Waals surface area contributed by atoms with Crippen molar-refractivity contribution in [1.29, 1.82) is 0 Å². The molecule has 2 aromatic rings. The summed E-state index contributed by atoms with van der Waals surface area (Å²) in [6.45, 7) is 1.87. The normalized spacial score (nSPS) is 11.3. The van der Waals surface area contributed by atoms with Gasteiger partial charge in [-0.15, -0.1) is 0 Å². The minimum absolute atomic E-state index is 0.0594. The number of carbonyl (C=O) groups is 1.